The summed E-state index contributed by atoms with van der Waals surface area (Å²) in [6.45, 7) is 6.78. The fraction of sp³-hybridized carbons (Fsp3) is 0.312. The van der Waals surface area contributed by atoms with Gasteiger partial charge in [-0.05, 0) is 56.2 Å². The first kappa shape index (κ1) is 15.0. The molecule has 2 rings (SSSR count). The SMILES string of the molecule is CCNc1ccc(C(=O)N(C)c2cc(C)cc(C)c2)nn1. The topological polar surface area (TPSA) is 58.1 Å². The summed E-state index contributed by atoms with van der Waals surface area (Å²) in [5.74, 6) is 0.499. The number of nitrogens with one attached hydrogen (secondary N) is 1. The predicted molar refractivity (Wildman–Crippen MR) is 84.8 cm³/mol. The van der Waals surface area contributed by atoms with Gasteiger partial charge in [0.1, 0.15) is 5.82 Å². The summed E-state index contributed by atoms with van der Waals surface area (Å²) >= 11 is 0. The fourth-order valence-electron chi connectivity index (χ4n) is 2.16. The zero-order valence-corrected chi connectivity index (χ0v) is 12.8. The molecule has 1 amide bonds. The fourth-order valence-corrected chi connectivity index (χ4v) is 2.16. The molecule has 1 aromatic heterocycles. The largest absolute Gasteiger partial charge is 0.369 e. The van der Waals surface area contributed by atoms with E-state index in [1.807, 2.05) is 32.9 Å². The molecule has 0 aliphatic carbocycles. The van der Waals surface area contributed by atoms with E-state index in [9.17, 15) is 4.79 Å². The highest BCUT2D eigenvalue weighted by atomic mass is 16.2. The molecule has 0 fully saturated rings. The highest BCUT2D eigenvalue weighted by Crippen LogP contribution is 2.19. The number of hydrogen-bond donors (Lipinski definition) is 1. The van der Waals surface area contributed by atoms with E-state index in [2.05, 4.69) is 21.6 Å². The third-order valence-corrected chi connectivity index (χ3v) is 3.14. The Balaban J connectivity index is 2.22. The van der Waals surface area contributed by atoms with Gasteiger partial charge < -0.3 is 10.2 Å². The molecule has 0 radical (unpaired) electrons. The lowest BCUT2D eigenvalue weighted by Gasteiger charge is -2.18. The Bertz CT molecular complexity index is 617. The van der Waals surface area contributed by atoms with Crippen molar-refractivity contribution in [2.24, 2.45) is 0 Å². The van der Waals surface area contributed by atoms with Gasteiger partial charge in [0, 0.05) is 19.3 Å². The average Bonchev–Trinajstić information content (AvgIpc) is 2.46. The van der Waals surface area contributed by atoms with Crippen molar-refractivity contribution in [3.8, 4) is 0 Å². The summed E-state index contributed by atoms with van der Waals surface area (Å²) in [4.78, 5) is 14.0. The van der Waals surface area contributed by atoms with Crippen molar-refractivity contribution in [3.63, 3.8) is 0 Å². The molecule has 21 heavy (non-hydrogen) atoms. The van der Waals surface area contributed by atoms with Crippen LogP contribution in [0, 0.1) is 13.8 Å². The van der Waals surface area contributed by atoms with Crippen LogP contribution in [0.1, 0.15) is 28.5 Å². The summed E-state index contributed by atoms with van der Waals surface area (Å²) < 4.78 is 0. The summed E-state index contributed by atoms with van der Waals surface area (Å²) in [5, 5.41) is 11.0. The second-order valence-corrected chi connectivity index (χ2v) is 5.04. The molecule has 1 heterocycles. The number of carbonyl (C=O) groups excluding carboxylic acids is 1. The molecular formula is C16H20N4O. The van der Waals surface area contributed by atoms with Crippen LogP contribution in [0.15, 0.2) is 30.3 Å². The standard InChI is InChI=1S/C16H20N4O/c1-5-17-15-7-6-14(18-19-15)16(21)20(4)13-9-11(2)8-12(3)10-13/h6-10H,5H2,1-4H3,(H,17,19). The average molecular weight is 284 g/mol. The molecular weight excluding hydrogens is 264 g/mol. The van der Waals surface area contributed by atoms with Gasteiger partial charge >= 0.3 is 0 Å². The van der Waals surface area contributed by atoms with Crippen molar-refractivity contribution in [1.82, 2.24) is 10.2 Å². The number of hydrogen-bond acceptors (Lipinski definition) is 4. The Morgan fingerprint density at radius 2 is 1.81 bits per heavy atom. The van der Waals surface area contributed by atoms with Crippen LogP contribution >= 0.6 is 0 Å². The number of rotatable bonds is 4. The van der Waals surface area contributed by atoms with Gasteiger partial charge in [-0.15, -0.1) is 10.2 Å². The van der Waals surface area contributed by atoms with E-state index in [0.29, 0.717) is 11.5 Å². The Morgan fingerprint density at radius 3 is 2.33 bits per heavy atom. The minimum atomic E-state index is -0.171. The van der Waals surface area contributed by atoms with E-state index in [1.165, 1.54) is 0 Å². The summed E-state index contributed by atoms with van der Waals surface area (Å²) in [7, 11) is 1.75. The zero-order chi connectivity index (χ0) is 15.4. The van der Waals surface area contributed by atoms with Gasteiger partial charge in [-0.1, -0.05) is 6.07 Å². The molecule has 0 saturated carbocycles. The molecule has 0 bridgehead atoms. The maximum Gasteiger partial charge on any atom is 0.278 e. The molecule has 0 unspecified atom stereocenters. The summed E-state index contributed by atoms with van der Waals surface area (Å²) in [5.41, 5.74) is 3.44. The van der Waals surface area contributed by atoms with E-state index in [-0.39, 0.29) is 5.91 Å². The molecule has 0 spiro atoms. The third-order valence-electron chi connectivity index (χ3n) is 3.14. The monoisotopic (exact) mass is 284 g/mol. The Kier molecular flexibility index (Phi) is 4.52. The molecule has 1 N–H and O–H groups in total. The van der Waals surface area contributed by atoms with Crippen molar-refractivity contribution in [2.45, 2.75) is 20.8 Å². The molecule has 0 atom stereocenters. The maximum absolute atomic E-state index is 12.4. The highest BCUT2D eigenvalue weighted by molar-refractivity contribution is 6.04. The van der Waals surface area contributed by atoms with Crippen molar-refractivity contribution in [2.75, 3.05) is 23.8 Å². The first-order valence-corrected chi connectivity index (χ1v) is 6.95. The normalized spacial score (nSPS) is 10.3. The van der Waals surface area contributed by atoms with Gasteiger partial charge in [-0.2, -0.15) is 0 Å². The zero-order valence-electron chi connectivity index (χ0n) is 12.8. The quantitative estimate of drug-likeness (QED) is 0.938. The van der Waals surface area contributed by atoms with Crippen molar-refractivity contribution < 1.29 is 4.79 Å². The van der Waals surface area contributed by atoms with Gasteiger partial charge in [0.15, 0.2) is 5.69 Å². The van der Waals surface area contributed by atoms with E-state index in [1.54, 1.807) is 24.1 Å². The number of carbonyl (C=O) groups is 1. The van der Waals surface area contributed by atoms with Crippen molar-refractivity contribution >= 4 is 17.4 Å². The lowest BCUT2D eigenvalue weighted by molar-refractivity contribution is 0.0987. The van der Waals surface area contributed by atoms with Crippen LogP contribution in [0.2, 0.25) is 0 Å². The van der Waals surface area contributed by atoms with Gasteiger partial charge in [0.2, 0.25) is 0 Å². The first-order valence-electron chi connectivity index (χ1n) is 6.95. The van der Waals surface area contributed by atoms with E-state index in [4.69, 9.17) is 0 Å². The Hall–Kier alpha value is -2.43. The molecule has 0 aliphatic heterocycles. The number of benzene rings is 1. The maximum atomic E-state index is 12.4. The van der Waals surface area contributed by atoms with Crippen LogP contribution in [0.4, 0.5) is 11.5 Å². The Morgan fingerprint density at radius 1 is 1.14 bits per heavy atom. The smallest absolute Gasteiger partial charge is 0.278 e. The van der Waals surface area contributed by atoms with Gasteiger partial charge in [0.25, 0.3) is 5.91 Å². The van der Waals surface area contributed by atoms with Crippen LogP contribution in [0.3, 0.4) is 0 Å². The lowest BCUT2D eigenvalue weighted by atomic mass is 10.1. The molecule has 110 valence electrons. The van der Waals surface area contributed by atoms with Crippen LogP contribution in [0.5, 0.6) is 0 Å². The third kappa shape index (κ3) is 3.56. The minimum Gasteiger partial charge on any atom is -0.369 e. The number of aryl methyl sites for hydroxylation is 2. The molecule has 0 saturated heterocycles. The van der Waals surface area contributed by atoms with E-state index < -0.39 is 0 Å². The van der Waals surface area contributed by atoms with Crippen molar-refractivity contribution in [1.29, 1.82) is 0 Å². The first-order chi connectivity index (χ1) is 10.0. The van der Waals surface area contributed by atoms with E-state index >= 15 is 0 Å². The second-order valence-electron chi connectivity index (χ2n) is 5.04. The van der Waals surface area contributed by atoms with Crippen LogP contribution in [-0.2, 0) is 0 Å². The van der Waals surface area contributed by atoms with Crippen LogP contribution in [0.25, 0.3) is 0 Å². The van der Waals surface area contributed by atoms with E-state index in [0.717, 1.165) is 23.4 Å². The van der Waals surface area contributed by atoms with Gasteiger partial charge in [0.05, 0.1) is 0 Å². The summed E-state index contributed by atoms with van der Waals surface area (Å²) in [6.07, 6.45) is 0. The summed E-state index contributed by atoms with van der Waals surface area (Å²) in [6, 6.07) is 9.48. The highest BCUT2D eigenvalue weighted by Gasteiger charge is 2.16. The van der Waals surface area contributed by atoms with Gasteiger partial charge in [-0.25, -0.2) is 0 Å². The van der Waals surface area contributed by atoms with Crippen molar-refractivity contribution in [3.05, 3.63) is 47.2 Å². The predicted octanol–water partition coefficient (Wildman–Crippen LogP) is 2.80. The minimum absolute atomic E-state index is 0.171. The molecule has 0 aliphatic rings. The van der Waals surface area contributed by atoms with Crippen LogP contribution in [-0.4, -0.2) is 29.7 Å². The molecule has 5 heteroatoms. The lowest BCUT2D eigenvalue weighted by Crippen LogP contribution is -2.27. The molecule has 5 nitrogen and oxygen atoms in total. The second kappa shape index (κ2) is 6.35. The van der Waals surface area contributed by atoms with Crippen LogP contribution < -0.4 is 10.2 Å². The molecule has 1 aromatic carbocycles. The Labute approximate surface area is 125 Å². The number of anilines is 2. The number of nitrogens with zero attached hydrogens (tertiary/aromatic N) is 3. The number of amides is 1. The molecule has 2 aromatic rings. The number of aromatic nitrogens is 2. The van der Waals surface area contributed by atoms with Gasteiger partial charge in [-0.3, -0.25) is 4.79 Å².